The van der Waals surface area contributed by atoms with Crippen molar-refractivity contribution in [3.05, 3.63) is 35.4 Å². The molecule has 2 N–H and O–H groups in total. The van der Waals surface area contributed by atoms with Crippen LogP contribution in [0.1, 0.15) is 55.8 Å². The van der Waals surface area contributed by atoms with Crippen molar-refractivity contribution >= 4 is 0 Å². The lowest BCUT2D eigenvalue weighted by Crippen LogP contribution is -2.16. The predicted molar refractivity (Wildman–Crippen MR) is 75.7 cm³/mol. The van der Waals surface area contributed by atoms with Gasteiger partial charge >= 0.3 is 0 Å². The summed E-state index contributed by atoms with van der Waals surface area (Å²) in [6, 6.07) is 8.56. The van der Waals surface area contributed by atoms with Gasteiger partial charge in [-0.3, -0.25) is 0 Å². The smallest absolute Gasteiger partial charge is 0.0914 e. The molecular weight excluding hydrogens is 222 g/mol. The molecule has 1 aliphatic rings. The molecule has 1 aliphatic carbocycles. The third-order valence-electron chi connectivity index (χ3n) is 4.21. The van der Waals surface area contributed by atoms with Crippen LogP contribution in [0, 0.1) is 5.92 Å². The van der Waals surface area contributed by atoms with Crippen LogP contribution in [-0.4, -0.2) is 18.7 Å². The summed E-state index contributed by atoms with van der Waals surface area (Å²) in [6.07, 6.45) is 4.96. The molecule has 1 aromatic carbocycles. The zero-order valence-corrected chi connectivity index (χ0v) is 11.5. The lowest BCUT2D eigenvalue weighted by atomic mass is 9.79. The molecule has 2 rings (SSSR count). The maximum atomic E-state index is 9.89. The van der Waals surface area contributed by atoms with E-state index in [0.29, 0.717) is 6.54 Å². The van der Waals surface area contributed by atoms with E-state index < -0.39 is 6.10 Å². The highest BCUT2D eigenvalue weighted by Crippen LogP contribution is 2.35. The average Bonchev–Trinajstić information content (AvgIpc) is 2.40. The van der Waals surface area contributed by atoms with Gasteiger partial charge in [0.25, 0.3) is 0 Å². The molecule has 0 aliphatic heterocycles. The minimum absolute atomic E-state index is 0.393. The first-order chi connectivity index (χ1) is 8.70. The van der Waals surface area contributed by atoms with Crippen molar-refractivity contribution in [2.24, 2.45) is 5.92 Å². The van der Waals surface area contributed by atoms with Crippen LogP contribution in [0.5, 0.6) is 0 Å². The maximum absolute atomic E-state index is 9.89. The molecule has 2 nitrogen and oxygen atoms in total. The van der Waals surface area contributed by atoms with E-state index in [0.717, 1.165) is 17.4 Å². The predicted octanol–water partition coefficient (Wildman–Crippen LogP) is 3.23. The van der Waals surface area contributed by atoms with Gasteiger partial charge in [-0.25, -0.2) is 0 Å². The molecule has 0 bridgehead atoms. The molecule has 1 unspecified atom stereocenters. The molecule has 1 saturated carbocycles. The van der Waals surface area contributed by atoms with E-state index in [-0.39, 0.29) is 0 Å². The lowest BCUT2D eigenvalue weighted by molar-refractivity contribution is 0.177. The molecule has 0 radical (unpaired) electrons. The molecular formula is C16H25NO. The highest BCUT2D eigenvalue weighted by Gasteiger charge is 2.19. The number of rotatable bonds is 4. The molecule has 1 aromatic rings. The van der Waals surface area contributed by atoms with Crippen LogP contribution in [0.15, 0.2) is 24.3 Å². The standard InChI is InChI=1S/C16H25NO/c1-12-3-5-13(6-4-12)14-7-9-15(10-8-14)16(18)11-17-2/h7-10,12-13,16-18H,3-6,11H2,1-2H3. The van der Waals surface area contributed by atoms with Gasteiger partial charge in [0.15, 0.2) is 0 Å². The molecule has 0 amide bonds. The van der Waals surface area contributed by atoms with E-state index in [9.17, 15) is 5.11 Å². The van der Waals surface area contributed by atoms with Crippen molar-refractivity contribution in [3.63, 3.8) is 0 Å². The fourth-order valence-electron chi connectivity index (χ4n) is 2.89. The Labute approximate surface area is 110 Å². The number of hydrogen-bond acceptors (Lipinski definition) is 2. The van der Waals surface area contributed by atoms with Gasteiger partial charge in [-0.05, 0) is 42.9 Å². The van der Waals surface area contributed by atoms with Crippen molar-refractivity contribution < 1.29 is 5.11 Å². The summed E-state index contributed by atoms with van der Waals surface area (Å²) in [5, 5.41) is 12.9. The van der Waals surface area contributed by atoms with E-state index in [4.69, 9.17) is 0 Å². The highest BCUT2D eigenvalue weighted by atomic mass is 16.3. The number of nitrogens with one attached hydrogen (secondary N) is 1. The molecule has 1 fully saturated rings. The van der Waals surface area contributed by atoms with Gasteiger partial charge in [0.05, 0.1) is 6.10 Å². The van der Waals surface area contributed by atoms with E-state index in [1.54, 1.807) is 0 Å². The molecule has 2 heteroatoms. The SMILES string of the molecule is CNCC(O)c1ccc(C2CCC(C)CC2)cc1. The first-order valence-electron chi connectivity index (χ1n) is 7.13. The van der Waals surface area contributed by atoms with Crippen molar-refractivity contribution in [3.8, 4) is 0 Å². The van der Waals surface area contributed by atoms with Crippen LogP contribution in [0.3, 0.4) is 0 Å². The van der Waals surface area contributed by atoms with Crippen molar-refractivity contribution in [2.45, 2.75) is 44.6 Å². The van der Waals surface area contributed by atoms with Crippen molar-refractivity contribution in [2.75, 3.05) is 13.6 Å². The van der Waals surface area contributed by atoms with Gasteiger partial charge in [-0.1, -0.05) is 44.0 Å². The average molecular weight is 247 g/mol. The minimum Gasteiger partial charge on any atom is -0.387 e. The number of benzene rings is 1. The molecule has 0 heterocycles. The summed E-state index contributed by atoms with van der Waals surface area (Å²) in [7, 11) is 1.86. The zero-order chi connectivity index (χ0) is 13.0. The summed E-state index contributed by atoms with van der Waals surface area (Å²) in [4.78, 5) is 0. The summed E-state index contributed by atoms with van der Waals surface area (Å²) in [5.41, 5.74) is 2.46. The molecule has 1 atom stereocenters. The van der Waals surface area contributed by atoms with Crippen LogP contribution in [0.2, 0.25) is 0 Å². The van der Waals surface area contributed by atoms with Crippen molar-refractivity contribution in [1.82, 2.24) is 5.32 Å². The minimum atomic E-state index is -0.393. The van der Waals surface area contributed by atoms with E-state index in [1.165, 1.54) is 31.2 Å². The highest BCUT2D eigenvalue weighted by molar-refractivity contribution is 5.27. The van der Waals surface area contributed by atoms with Crippen LogP contribution in [-0.2, 0) is 0 Å². The fraction of sp³-hybridized carbons (Fsp3) is 0.625. The summed E-state index contributed by atoms with van der Waals surface area (Å²) in [5.74, 6) is 1.63. The Morgan fingerprint density at radius 2 is 1.78 bits per heavy atom. The largest absolute Gasteiger partial charge is 0.387 e. The monoisotopic (exact) mass is 247 g/mol. The second-order valence-electron chi connectivity index (χ2n) is 5.70. The van der Waals surface area contributed by atoms with E-state index >= 15 is 0 Å². The maximum Gasteiger partial charge on any atom is 0.0914 e. The Balaban J connectivity index is 1.99. The first-order valence-corrected chi connectivity index (χ1v) is 7.13. The second-order valence-corrected chi connectivity index (χ2v) is 5.70. The summed E-state index contributed by atoms with van der Waals surface area (Å²) < 4.78 is 0. The van der Waals surface area contributed by atoms with E-state index in [1.807, 2.05) is 7.05 Å². The van der Waals surface area contributed by atoms with Crippen LogP contribution in [0.4, 0.5) is 0 Å². The van der Waals surface area contributed by atoms with E-state index in [2.05, 4.69) is 36.5 Å². The third kappa shape index (κ3) is 3.33. The van der Waals surface area contributed by atoms with Crippen LogP contribution in [0.25, 0.3) is 0 Å². The topological polar surface area (TPSA) is 32.3 Å². The van der Waals surface area contributed by atoms with Gasteiger partial charge in [0.1, 0.15) is 0 Å². The molecule has 0 spiro atoms. The molecule has 0 saturated heterocycles. The normalized spacial score (nSPS) is 25.9. The van der Waals surface area contributed by atoms with Gasteiger partial charge in [-0.15, -0.1) is 0 Å². The number of aliphatic hydroxyl groups excluding tert-OH is 1. The molecule has 0 aromatic heterocycles. The Morgan fingerprint density at radius 3 is 2.33 bits per heavy atom. The zero-order valence-electron chi connectivity index (χ0n) is 11.5. The Hall–Kier alpha value is -0.860. The molecule has 100 valence electrons. The number of hydrogen-bond donors (Lipinski definition) is 2. The lowest BCUT2D eigenvalue weighted by Gasteiger charge is -2.26. The summed E-state index contributed by atoms with van der Waals surface area (Å²) >= 11 is 0. The first kappa shape index (κ1) is 13.6. The van der Waals surface area contributed by atoms with Gasteiger partial charge in [-0.2, -0.15) is 0 Å². The third-order valence-corrected chi connectivity index (χ3v) is 4.21. The Bertz CT molecular complexity index is 352. The Kier molecular flexibility index (Phi) is 4.79. The van der Waals surface area contributed by atoms with Gasteiger partial charge in [0.2, 0.25) is 0 Å². The second kappa shape index (κ2) is 6.35. The Morgan fingerprint density at radius 1 is 1.17 bits per heavy atom. The summed E-state index contributed by atoms with van der Waals surface area (Å²) in [6.45, 7) is 2.97. The van der Waals surface area contributed by atoms with Crippen LogP contribution >= 0.6 is 0 Å². The van der Waals surface area contributed by atoms with Gasteiger partial charge < -0.3 is 10.4 Å². The fourth-order valence-corrected chi connectivity index (χ4v) is 2.89. The molecule has 18 heavy (non-hydrogen) atoms. The number of likely N-dealkylation sites (N-methyl/N-ethyl adjacent to an activating group) is 1. The number of aliphatic hydroxyl groups is 1. The van der Waals surface area contributed by atoms with Crippen molar-refractivity contribution in [1.29, 1.82) is 0 Å². The quantitative estimate of drug-likeness (QED) is 0.856. The van der Waals surface area contributed by atoms with Crippen LogP contribution < -0.4 is 5.32 Å². The van der Waals surface area contributed by atoms with Gasteiger partial charge in [0, 0.05) is 6.54 Å².